The van der Waals surface area contributed by atoms with Crippen LogP contribution in [0.25, 0.3) is 0 Å². The largest absolute Gasteiger partial charge is 0.357 e. The molecule has 2 rings (SSSR count). The number of pyridine rings is 1. The number of likely N-dealkylation sites (N-methyl/N-ethyl adjacent to an activating group) is 1. The molecule has 6 heteroatoms. The van der Waals surface area contributed by atoms with Crippen molar-refractivity contribution in [2.24, 2.45) is 4.99 Å². The minimum atomic E-state index is -0.201. The summed E-state index contributed by atoms with van der Waals surface area (Å²) in [6.07, 6.45) is 2.67. The number of aliphatic imine (C=N–C) groups is 1. The first-order valence-corrected chi connectivity index (χ1v) is 9.02. The average molecular weight is 357 g/mol. The third kappa shape index (κ3) is 7.61. The molecule has 0 aliphatic heterocycles. The number of benzene rings is 1. The molecule has 0 aliphatic carbocycles. The van der Waals surface area contributed by atoms with E-state index >= 15 is 0 Å². The average Bonchev–Trinajstić information content (AvgIpc) is 2.64. The second-order valence-electron chi connectivity index (χ2n) is 6.12. The number of nitrogens with zero attached hydrogens (tertiary/aromatic N) is 3. The molecule has 26 heavy (non-hydrogen) atoms. The predicted octanol–water partition coefficient (Wildman–Crippen LogP) is 2.45. The van der Waals surface area contributed by atoms with Gasteiger partial charge in [-0.3, -0.25) is 9.98 Å². The molecule has 0 fully saturated rings. The van der Waals surface area contributed by atoms with Crippen molar-refractivity contribution >= 4 is 5.96 Å². The highest BCUT2D eigenvalue weighted by Gasteiger charge is 2.02. The molecule has 5 nitrogen and oxygen atoms in total. The summed E-state index contributed by atoms with van der Waals surface area (Å²) < 4.78 is 12.9. The van der Waals surface area contributed by atoms with Gasteiger partial charge in [0, 0.05) is 44.5 Å². The van der Waals surface area contributed by atoms with Crippen molar-refractivity contribution in [2.75, 3.05) is 33.2 Å². The van der Waals surface area contributed by atoms with Crippen molar-refractivity contribution in [1.82, 2.24) is 20.5 Å². The van der Waals surface area contributed by atoms with E-state index in [-0.39, 0.29) is 5.82 Å². The molecule has 0 saturated heterocycles. The SMILES string of the molecule is CCNC(=NCCN(C)Cc1ccc(F)cc1)NCCc1ccccn1. The van der Waals surface area contributed by atoms with E-state index in [9.17, 15) is 4.39 Å². The number of guanidine groups is 1. The second-order valence-corrected chi connectivity index (χ2v) is 6.12. The summed E-state index contributed by atoms with van der Waals surface area (Å²) in [6, 6.07) is 12.6. The van der Waals surface area contributed by atoms with Crippen molar-refractivity contribution in [3.8, 4) is 0 Å². The van der Waals surface area contributed by atoms with Crippen LogP contribution in [0.3, 0.4) is 0 Å². The number of hydrogen-bond acceptors (Lipinski definition) is 3. The third-order valence-electron chi connectivity index (χ3n) is 3.86. The van der Waals surface area contributed by atoms with Crippen LogP contribution in [-0.2, 0) is 13.0 Å². The third-order valence-corrected chi connectivity index (χ3v) is 3.86. The van der Waals surface area contributed by atoms with Gasteiger partial charge in [-0.1, -0.05) is 18.2 Å². The smallest absolute Gasteiger partial charge is 0.191 e. The van der Waals surface area contributed by atoms with E-state index in [2.05, 4.69) is 32.4 Å². The normalized spacial score (nSPS) is 11.6. The summed E-state index contributed by atoms with van der Waals surface area (Å²) in [6.45, 7) is 5.95. The minimum Gasteiger partial charge on any atom is -0.357 e. The van der Waals surface area contributed by atoms with E-state index in [1.807, 2.05) is 43.6 Å². The van der Waals surface area contributed by atoms with Crippen LogP contribution in [0.15, 0.2) is 53.7 Å². The molecule has 140 valence electrons. The van der Waals surface area contributed by atoms with Crippen LogP contribution in [0, 0.1) is 5.82 Å². The molecule has 0 spiro atoms. The Kier molecular flexibility index (Phi) is 8.55. The van der Waals surface area contributed by atoms with E-state index in [1.54, 1.807) is 0 Å². The van der Waals surface area contributed by atoms with Crippen LogP contribution in [0.2, 0.25) is 0 Å². The number of halogens is 1. The maximum Gasteiger partial charge on any atom is 0.191 e. The van der Waals surface area contributed by atoms with Gasteiger partial charge in [0.1, 0.15) is 5.82 Å². The van der Waals surface area contributed by atoms with Crippen LogP contribution in [-0.4, -0.2) is 49.1 Å². The highest BCUT2D eigenvalue weighted by atomic mass is 19.1. The summed E-state index contributed by atoms with van der Waals surface area (Å²) in [5.74, 6) is 0.617. The molecular weight excluding hydrogens is 329 g/mol. The van der Waals surface area contributed by atoms with E-state index in [0.717, 1.165) is 49.8 Å². The molecular formula is C20H28FN5. The molecule has 0 atom stereocenters. The van der Waals surface area contributed by atoms with Gasteiger partial charge in [-0.2, -0.15) is 0 Å². The van der Waals surface area contributed by atoms with Crippen LogP contribution >= 0.6 is 0 Å². The van der Waals surface area contributed by atoms with E-state index < -0.39 is 0 Å². The Labute approximate surface area is 155 Å². The Bertz CT molecular complexity index is 658. The Hall–Kier alpha value is -2.47. The first-order chi connectivity index (χ1) is 12.7. The van der Waals surface area contributed by atoms with E-state index in [1.165, 1.54) is 12.1 Å². The van der Waals surface area contributed by atoms with Crippen molar-refractivity contribution in [1.29, 1.82) is 0 Å². The summed E-state index contributed by atoms with van der Waals surface area (Å²) in [4.78, 5) is 11.1. The fourth-order valence-electron chi connectivity index (χ4n) is 2.51. The van der Waals surface area contributed by atoms with Crippen molar-refractivity contribution in [3.05, 3.63) is 65.7 Å². The Morgan fingerprint density at radius 3 is 2.65 bits per heavy atom. The topological polar surface area (TPSA) is 52.6 Å². The zero-order chi connectivity index (χ0) is 18.6. The lowest BCUT2D eigenvalue weighted by molar-refractivity contribution is 0.336. The maximum atomic E-state index is 12.9. The first kappa shape index (κ1) is 19.8. The van der Waals surface area contributed by atoms with Crippen LogP contribution < -0.4 is 10.6 Å². The van der Waals surface area contributed by atoms with Gasteiger partial charge in [0.2, 0.25) is 0 Å². The quantitative estimate of drug-likeness (QED) is 0.535. The lowest BCUT2D eigenvalue weighted by Gasteiger charge is -2.16. The molecule has 1 aromatic heterocycles. The Morgan fingerprint density at radius 1 is 1.15 bits per heavy atom. The molecule has 0 unspecified atom stereocenters. The highest BCUT2D eigenvalue weighted by molar-refractivity contribution is 5.79. The maximum absolute atomic E-state index is 12.9. The molecule has 0 aliphatic rings. The first-order valence-electron chi connectivity index (χ1n) is 9.02. The van der Waals surface area contributed by atoms with Gasteiger partial charge in [-0.15, -0.1) is 0 Å². The van der Waals surface area contributed by atoms with Gasteiger partial charge < -0.3 is 15.5 Å². The van der Waals surface area contributed by atoms with Gasteiger partial charge in [-0.05, 0) is 43.8 Å². The fourth-order valence-corrected chi connectivity index (χ4v) is 2.51. The summed E-state index contributed by atoms with van der Waals surface area (Å²) >= 11 is 0. The Balaban J connectivity index is 1.73. The second kappa shape index (κ2) is 11.2. The lowest BCUT2D eigenvalue weighted by atomic mass is 10.2. The van der Waals surface area contributed by atoms with Gasteiger partial charge >= 0.3 is 0 Å². The number of hydrogen-bond donors (Lipinski definition) is 2. The molecule has 0 radical (unpaired) electrons. The molecule has 0 bridgehead atoms. The molecule has 2 N–H and O–H groups in total. The van der Waals surface area contributed by atoms with Crippen molar-refractivity contribution in [2.45, 2.75) is 19.9 Å². The fraction of sp³-hybridized carbons (Fsp3) is 0.400. The number of rotatable bonds is 9. The summed E-state index contributed by atoms with van der Waals surface area (Å²) in [5, 5.41) is 6.59. The molecule has 2 aromatic rings. The summed E-state index contributed by atoms with van der Waals surface area (Å²) in [7, 11) is 2.04. The van der Waals surface area contributed by atoms with Crippen molar-refractivity contribution < 1.29 is 4.39 Å². The van der Waals surface area contributed by atoms with Gasteiger partial charge in [0.05, 0.1) is 6.54 Å². The zero-order valence-corrected chi connectivity index (χ0v) is 15.6. The Morgan fingerprint density at radius 2 is 1.96 bits per heavy atom. The molecule has 0 amide bonds. The van der Waals surface area contributed by atoms with Crippen LogP contribution in [0.1, 0.15) is 18.2 Å². The minimum absolute atomic E-state index is 0.201. The predicted molar refractivity (Wildman–Crippen MR) is 105 cm³/mol. The van der Waals surface area contributed by atoms with Crippen LogP contribution in [0.5, 0.6) is 0 Å². The van der Waals surface area contributed by atoms with Crippen molar-refractivity contribution in [3.63, 3.8) is 0 Å². The molecule has 1 heterocycles. The summed E-state index contributed by atoms with van der Waals surface area (Å²) in [5.41, 5.74) is 2.16. The molecule has 1 aromatic carbocycles. The lowest BCUT2D eigenvalue weighted by Crippen LogP contribution is -2.39. The van der Waals surface area contributed by atoms with Gasteiger partial charge in [0.25, 0.3) is 0 Å². The van der Waals surface area contributed by atoms with Gasteiger partial charge in [-0.25, -0.2) is 4.39 Å². The highest BCUT2D eigenvalue weighted by Crippen LogP contribution is 2.05. The number of aromatic nitrogens is 1. The zero-order valence-electron chi connectivity index (χ0n) is 15.6. The monoisotopic (exact) mass is 357 g/mol. The van der Waals surface area contributed by atoms with Crippen LogP contribution in [0.4, 0.5) is 4.39 Å². The van der Waals surface area contributed by atoms with Gasteiger partial charge in [0.15, 0.2) is 5.96 Å². The standard InChI is InChI=1S/C20H28FN5/c1-3-22-20(24-13-11-19-6-4-5-12-23-19)25-14-15-26(2)16-17-7-9-18(21)10-8-17/h4-10,12H,3,11,13-16H2,1-2H3,(H2,22,24,25). The molecule has 0 saturated carbocycles. The number of nitrogens with one attached hydrogen (secondary N) is 2. The van der Waals surface area contributed by atoms with E-state index in [4.69, 9.17) is 0 Å². The van der Waals surface area contributed by atoms with E-state index in [0.29, 0.717) is 6.54 Å².